The van der Waals surface area contributed by atoms with E-state index in [9.17, 15) is 0 Å². The van der Waals surface area contributed by atoms with Gasteiger partial charge in [-0.25, -0.2) is 4.98 Å². The van der Waals surface area contributed by atoms with E-state index in [2.05, 4.69) is 29.6 Å². The molecule has 18 heavy (non-hydrogen) atoms. The van der Waals surface area contributed by atoms with Crippen LogP contribution in [0.3, 0.4) is 0 Å². The van der Waals surface area contributed by atoms with Gasteiger partial charge in [-0.1, -0.05) is 24.3 Å². The first-order valence-corrected chi connectivity index (χ1v) is 7.07. The second-order valence-electron chi connectivity index (χ2n) is 4.54. The summed E-state index contributed by atoms with van der Waals surface area (Å²) in [6.07, 6.45) is 1.09. The van der Waals surface area contributed by atoms with Crippen molar-refractivity contribution in [2.24, 2.45) is 5.73 Å². The first-order valence-electron chi connectivity index (χ1n) is 6.19. The Morgan fingerprint density at radius 2 is 2.17 bits per heavy atom. The third kappa shape index (κ3) is 2.32. The first-order chi connectivity index (χ1) is 8.86. The lowest BCUT2D eigenvalue weighted by molar-refractivity contribution is 0.193. The van der Waals surface area contributed by atoms with Crippen LogP contribution in [0, 0.1) is 0 Å². The molecule has 1 fully saturated rings. The SMILES string of the molecule is NCc1ccc(-c2nc([C@@H]3CCOC3)cs2)cc1. The summed E-state index contributed by atoms with van der Waals surface area (Å²) in [6, 6.07) is 8.32. The summed E-state index contributed by atoms with van der Waals surface area (Å²) in [5.41, 5.74) is 9.10. The molecule has 0 bridgehead atoms. The molecule has 1 saturated heterocycles. The standard InChI is InChI=1S/C14H16N2OS/c15-7-10-1-3-11(4-2-10)14-16-13(9-18-14)12-5-6-17-8-12/h1-4,9,12H,5-8,15H2/t12-/m1/s1. The van der Waals surface area contributed by atoms with Crippen LogP contribution in [0.4, 0.5) is 0 Å². The zero-order chi connectivity index (χ0) is 12.4. The number of ether oxygens (including phenoxy) is 1. The molecule has 1 aromatic carbocycles. The fraction of sp³-hybridized carbons (Fsp3) is 0.357. The molecule has 1 atom stereocenters. The maximum Gasteiger partial charge on any atom is 0.123 e. The van der Waals surface area contributed by atoms with Gasteiger partial charge in [-0.15, -0.1) is 11.3 Å². The summed E-state index contributed by atoms with van der Waals surface area (Å²) in [5, 5.41) is 3.24. The zero-order valence-electron chi connectivity index (χ0n) is 10.1. The largest absolute Gasteiger partial charge is 0.381 e. The second kappa shape index (κ2) is 5.18. The predicted octanol–water partition coefficient (Wildman–Crippen LogP) is 2.77. The minimum Gasteiger partial charge on any atom is -0.381 e. The number of nitrogens with two attached hydrogens (primary N) is 1. The molecule has 3 rings (SSSR count). The fourth-order valence-electron chi connectivity index (χ4n) is 2.16. The molecule has 0 unspecified atom stereocenters. The van der Waals surface area contributed by atoms with Crippen LogP contribution in [0.15, 0.2) is 29.6 Å². The monoisotopic (exact) mass is 260 g/mol. The average molecular weight is 260 g/mol. The van der Waals surface area contributed by atoms with Crippen LogP contribution in [-0.4, -0.2) is 18.2 Å². The number of thiazole rings is 1. The average Bonchev–Trinajstić information content (AvgIpc) is 3.09. The minimum atomic E-state index is 0.485. The summed E-state index contributed by atoms with van der Waals surface area (Å²) in [6.45, 7) is 2.26. The van der Waals surface area contributed by atoms with Gasteiger partial charge >= 0.3 is 0 Å². The van der Waals surface area contributed by atoms with Gasteiger partial charge in [0, 0.05) is 30.0 Å². The van der Waals surface area contributed by atoms with E-state index >= 15 is 0 Å². The van der Waals surface area contributed by atoms with Crippen molar-refractivity contribution in [1.29, 1.82) is 0 Å². The van der Waals surface area contributed by atoms with Gasteiger partial charge in [0.25, 0.3) is 0 Å². The van der Waals surface area contributed by atoms with Gasteiger partial charge in [-0.2, -0.15) is 0 Å². The summed E-state index contributed by atoms with van der Waals surface area (Å²) < 4.78 is 5.41. The van der Waals surface area contributed by atoms with Gasteiger partial charge in [0.05, 0.1) is 12.3 Å². The normalized spacial score (nSPS) is 19.3. The van der Waals surface area contributed by atoms with Crippen molar-refractivity contribution in [3.63, 3.8) is 0 Å². The predicted molar refractivity (Wildman–Crippen MR) is 73.6 cm³/mol. The number of hydrogen-bond acceptors (Lipinski definition) is 4. The molecule has 1 aliphatic rings. The molecule has 3 nitrogen and oxygen atoms in total. The Labute approximate surface area is 111 Å². The molecule has 2 aromatic rings. The van der Waals surface area contributed by atoms with Crippen molar-refractivity contribution < 1.29 is 4.74 Å². The van der Waals surface area contributed by atoms with E-state index in [1.165, 1.54) is 11.3 Å². The highest BCUT2D eigenvalue weighted by Gasteiger charge is 2.20. The summed E-state index contributed by atoms with van der Waals surface area (Å²) in [4.78, 5) is 4.73. The number of nitrogens with zero attached hydrogens (tertiary/aromatic N) is 1. The van der Waals surface area contributed by atoms with Gasteiger partial charge < -0.3 is 10.5 Å². The molecular formula is C14H16N2OS. The van der Waals surface area contributed by atoms with Gasteiger partial charge in [0.15, 0.2) is 0 Å². The Hall–Kier alpha value is -1.23. The Morgan fingerprint density at radius 1 is 1.33 bits per heavy atom. The molecule has 0 aliphatic carbocycles. The summed E-state index contributed by atoms with van der Waals surface area (Å²) in [5.74, 6) is 0.485. The van der Waals surface area contributed by atoms with Gasteiger partial charge in [-0.3, -0.25) is 0 Å². The quantitative estimate of drug-likeness (QED) is 0.923. The van der Waals surface area contributed by atoms with E-state index in [0.29, 0.717) is 12.5 Å². The topological polar surface area (TPSA) is 48.1 Å². The van der Waals surface area contributed by atoms with Crippen molar-refractivity contribution in [1.82, 2.24) is 4.98 Å². The van der Waals surface area contributed by atoms with Crippen molar-refractivity contribution >= 4 is 11.3 Å². The molecule has 0 saturated carbocycles. The van der Waals surface area contributed by atoms with Crippen LogP contribution in [-0.2, 0) is 11.3 Å². The van der Waals surface area contributed by atoms with E-state index in [1.54, 1.807) is 11.3 Å². The van der Waals surface area contributed by atoms with Gasteiger partial charge in [0.1, 0.15) is 5.01 Å². The van der Waals surface area contributed by atoms with Crippen LogP contribution >= 0.6 is 11.3 Å². The molecule has 1 aliphatic heterocycles. The fourth-order valence-corrected chi connectivity index (χ4v) is 3.07. The van der Waals surface area contributed by atoms with E-state index in [0.717, 1.165) is 30.2 Å². The molecule has 2 N–H and O–H groups in total. The van der Waals surface area contributed by atoms with Crippen molar-refractivity contribution in [3.8, 4) is 10.6 Å². The first kappa shape index (κ1) is 11.8. The van der Waals surface area contributed by atoms with Crippen molar-refractivity contribution in [2.45, 2.75) is 18.9 Å². The highest BCUT2D eigenvalue weighted by Crippen LogP contribution is 2.30. The zero-order valence-corrected chi connectivity index (χ0v) is 11.0. The lowest BCUT2D eigenvalue weighted by atomic mass is 10.1. The van der Waals surface area contributed by atoms with E-state index in [1.807, 2.05) is 0 Å². The summed E-state index contributed by atoms with van der Waals surface area (Å²) >= 11 is 1.71. The molecule has 0 spiro atoms. The van der Waals surface area contributed by atoms with Crippen LogP contribution in [0.1, 0.15) is 23.6 Å². The molecule has 4 heteroatoms. The number of hydrogen-bond donors (Lipinski definition) is 1. The molecule has 2 heterocycles. The number of benzene rings is 1. The van der Waals surface area contributed by atoms with Crippen LogP contribution < -0.4 is 5.73 Å². The van der Waals surface area contributed by atoms with E-state index < -0.39 is 0 Å². The van der Waals surface area contributed by atoms with Gasteiger partial charge in [-0.05, 0) is 12.0 Å². The maximum atomic E-state index is 5.60. The Balaban J connectivity index is 1.82. The van der Waals surface area contributed by atoms with E-state index in [-0.39, 0.29) is 0 Å². The number of aromatic nitrogens is 1. The van der Waals surface area contributed by atoms with Gasteiger partial charge in [0.2, 0.25) is 0 Å². The Kier molecular flexibility index (Phi) is 3.41. The lowest BCUT2D eigenvalue weighted by Crippen LogP contribution is -1.97. The smallest absolute Gasteiger partial charge is 0.123 e. The summed E-state index contributed by atoms with van der Waals surface area (Å²) in [7, 11) is 0. The molecule has 0 amide bonds. The van der Waals surface area contributed by atoms with Crippen molar-refractivity contribution in [3.05, 3.63) is 40.9 Å². The third-order valence-electron chi connectivity index (χ3n) is 3.31. The van der Waals surface area contributed by atoms with Crippen molar-refractivity contribution in [2.75, 3.05) is 13.2 Å². The molecule has 1 aromatic heterocycles. The highest BCUT2D eigenvalue weighted by molar-refractivity contribution is 7.13. The molecular weight excluding hydrogens is 244 g/mol. The maximum absolute atomic E-state index is 5.60. The Morgan fingerprint density at radius 3 is 2.83 bits per heavy atom. The van der Waals surface area contributed by atoms with Crippen LogP contribution in [0.25, 0.3) is 10.6 Å². The number of rotatable bonds is 3. The molecule has 94 valence electrons. The van der Waals surface area contributed by atoms with Crippen LogP contribution in [0.5, 0.6) is 0 Å². The highest BCUT2D eigenvalue weighted by atomic mass is 32.1. The second-order valence-corrected chi connectivity index (χ2v) is 5.40. The third-order valence-corrected chi connectivity index (χ3v) is 4.22. The molecule has 0 radical (unpaired) electrons. The van der Waals surface area contributed by atoms with Crippen LogP contribution in [0.2, 0.25) is 0 Å². The lowest BCUT2D eigenvalue weighted by Gasteiger charge is -2.02. The minimum absolute atomic E-state index is 0.485. The Bertz CT molecular complexity index is 515. The van der Waals surface area contributed by atoms with E-state index in [4.69, 9.17) is 15.5 Å².